The summed E-state index contributed by atoms with van der Waals surface area (Å²) in [5.41, 5.74) is 3.94. The quantitative estimate of drug-likeness (QED) is 0.234. The number of benzene rings is 2. The summed E-state index contributed by atoms with van der Waals surface area (Å²) < 4.78 is 8.16. The molecule has 2 aromatic carbocycles. The molecule has 3 aromatic heterocycles. The molecule has 0 aliphatic heterocycles. The Morgan fingerprint density at radius 3 is 2.90 bits per heavy atom. The number of carbonyl (C=O) groups excluding carboxylic acids is 1. The van der Waals surface area contributed by atoms with E-state index < -0.39 is 0 Å². The number of amides is 1. The lowest BCUT2D eigenvalue weighted by Gasteiger charge is -2.13. The number of hydrogen-bond donors (Lipinski definition) is 0. The van der Waals surface area contributed by atoms with Crippen molar-refractivity contribution >= 4 is 76.3 Å². The summed E-state index contributed by atoms with van der Waals surface area (Å²) in [6, 6.07) is 14.7. The van der Waals surface area contributed by atoms with Crippen LogP contribution in [0.3, 0.4) is 0 Å². The van der Waals surface area contributed by atoms with Gasteiger partial charge in [0.05, 0.1) is 38.4 Å². The lowest BCUT2D eigenvalue weighted by molar-refractivity contribution is 0.0988. The number of thiazole rings is 2. The summed E-state index contributed by atoms with van der Waals surface area (Å²) in [5, 5.41) is 6.18. The Hall–Kier alpha value is -2.88. The minimum atomic E-state index is -0.277. The molecule has 0 N–H and O–H groups in total. The average Bonchev–Trinajstić information content (AvgIpc) is 3.47. The molecule has 6 nitrogen and oxygen atoms in total. The van der Waals surface area contributed by atoms with Gasteiger partial charge in [-0.1, -0.05) is 27.3 Å². The van der Waals surface area contributed by atoms with Crippen molar-refractivity contribution in [1.29, 1.82) is 0 Å². The average molecular weight is 483 g/mol. The minimum Gasteiger partial charge on any atom is -0.463 e. The van der Waals surface area contributed by atoms with Crippen LogP contribution in [0.5, 0.6) is 0 Å². The van der Waals surface area contributed by atoms with E-state index in [2.05, 4.69) is 31.0 Å². The monoisotopic (exact) mass is 482 g/mol. The fourth-order valence-corrected chi connectivity index (χ4v) is 4.95. The van der Waals surface area contributed by atoms with Crippen molar-refractivity contribution in [2.45, 2.75) is 0 Å². The number of carbonyl (C=O) groups is 1. The van der Waals surface area contributed by atoms with Gasteiger partial charge in [0.2, 0.25) is 5.13 Å². The predicted octanol–water partition coefficient (Wildman–Crippen LogP) is 5.94. The van der Waals surface area contributed by atoms with Crippen LogP contribution >= 0.6 is 38.6 Å². The molecule has 0 radical (unpaired) electrons. The summed E-state index contributed by atoms with van der Waals surface area (Å²) in [5.74, 6) is 0.269. The topological polar surface area (TPSA) is 71.6 Å². The second-order valence-electron chi connectivity index (χ2n) is 6.02. The second-order valence-corrected chi connectivity index (χ2v) is 8.83. The number of aromatic nitrogens is 2. The Bertz CT molecular complexity index is 1360. The molecule has 29 heavy (non-hydrogen) atoms. The van der Waals surface area contributed by atoms with Crippen molar-refractivity contribution in [2.75, 3.05) is 5.01 Å². The Balaban J connectivity index is 1.59. The van der Waals surface area contributed by atoms with Gasteiger partial charge in [0.15, 0.2) is 0 Å². The Morgan fingerprint density at radius 2 is 2.03 bits per heavy atom. The van der Waals surface area contributed by atoms with E-state index in [-0.39, 0.29) is 5.91 Å². The van der Waals surface area contributed by atoms with Crippen LogP contribution < -0.4 is 5.01 Å². The molecule has 142 valence electrons. The fourth-order valence-electron chi connectivity index (χ4n) is 2.76. The smallest absolute Gasteiger partial charge is 0.280 e. The van der Waals surface area contributed by atoms with Gasteiger partial charge in [0.1, 0.15) is 5.76 Å². The molecule has 0 bridgehead atoms. The Kier molecular flexibility index (Phi) is 4.70. The molecule has 0 aliphatic rings. The zero-order valence-corrected chi connectivity index (χ0v) is 17.9. The van der Waals surface area contributed by atoms with Crippen LogP contribution in [0.4, 0.5) is 5.13 Å². The van der Waals surface area contributed by atoms with Crippen molar-refractivity contribution in [3.05, 3.63) is 76.1 Å². The number of rotatable bonds is 4. The molecule has 9 heteroatoms. The number of fused-ring (bicyclic) bond motifs is 2. The number of hydrazone groups is 1. The molecule has 0 spiro atoms. The summed E-state index contributed by atoms with van der Waals surface area (Å²) in [4.78, 5) is 22.2. The summed E-state index contributed by atoms with van der Waals surface area (Å²) >= 11 is 6.36. The lowest BCUT2D eigenvalue weighted by Crippen LogP contribution is -2.25. The lowest BCUT2D eigenvalue weighted by atomic mass is 10.2. The van der Waals surface area contributed by atoms with E-state index in [1.165, 1.54) is 33.9 Å². The number of halogens is 1. The molecule has 0 saturated carbocycles. The zero-order valence-electron chi connectivity index (χ0n) is 14.7. The molecule has 0 saturated heterocycles. The van der Waals surface area contributed by atoms with Gasteiger partial charge in [-0.15, -0.1) is 11.3 Å². The van der Waals surface area contributed by atoms with E-state index >= 15 is 0 Å². The SMILES string of the molecule is O=C(c1ccc2ncsc2c1)N(/N=C/c1ccco1)c1nc2ccc(Br)cc2s1. The highest BCUT2D eigenvalue weighted by Gasteiger charge is 2.22. The van der Waals surface area contributed by atoms with Gasteiger partial charge in [-0.3, -0.25) is 4.79 Å². The molecule has 0 unspecified atom stereocenters. The Labute approximate surface area is 181 Å². The van der Waals surface area contributed by atoms with Crippen molar-refractivity contribution in [3.63, 3.8) is 0 Å². The first-order valence-corrected chi connectivity index (χ1v) is 11.0. The maximum absolute atomic E-state index is 13.3. The first kappa shape index (κ1) is 18.2. The first-order valence-electron chi connectivity index (χ1n) is 8.49. The van der Waals surface area contributed by atoms with Gasteiger partial charge in [0.25, 0.3) is 5.91 Å². The Morgan fingerprint density at radius 1 is 1.14 bits per heavy atom. The molecule has 0 fully saturated rings. The normalized spacial score (nSPS) is 11.6. The second kappa shape index (κ2) is 7.51. The van der Waals surface area contributed by atoms with Gasteiger partial charge in [-0.05, 0) is 48.5 Å². The minimum absolute atomic E-state index is 0.277. The van der Waals surface area contributed by atoms with Crippen LogP contribution in [0.1, 0.15) is 16.1 Å². The maximum atomic E-state index is 13.3. The van der Waals surface area contributed by atoms with Gasteiger partial charge in [0, 0.05) is 10.0 Å². The number of nitrogens with zero attached hydrogens (tertiary/aromatic N) is 4. The van der Waals surface area contributed by atoms with Crippen LogP contribution in [0, 0.1) is 0 Å². The maximum Gasteiger partial charge on any atom is 0.280 e. The van der Waals surface area contributed by atoms with Crippen molar-refractivity contribution in [1.82, 2.24) is 9.97 Å². The van der Waals surface area contributed by atoms with Crippen LogP contribution in [0.15, 0.2) is 74.3 Å². The first-order chi connectivity index (χ1) is 14.2. The largest absolute Gasteiger partial charge is 0.463 e. The van der Waals surface area contributed by atoms with Gasteiger partial charge >= 0.3 is 0 Å². The standard InChI is InChI=1S/C20H11BrN4O2S2/c21-13-4-6-16-18(9-13)29-20(24-16)25(23-10-14-2-1-7-27-14)19(26)12-3-5-15-17(8-12)28-11-22-15/h1-11H/b23-10+. The van der Waals surface area contributed by atoms with Crippen LogP contribution in [0.25, 0.3) is 20.4 Å². The van der Waals surface area contributed by atoms with Gasteiger partial charge in [-0.25, -0.2) is 9.97 Å². The van der Waals surface area contributed by atoms with E-state index in [9.17, 15) is 4.79 Å². The fraction of sp³-hybridized carbons (Fsp3) is 0. The zero-order chi connectivity index (χ0) is 19.8. The molecular weight excluding hydrogens is 472 g/mol. The number of furan rings is 1. The molecular formula is C20H11BrN4O2S2. The van der Waals surface area contributed by atoms with Crippen LogP contribution in [-0.4, -0.2) is 22.1 Å². The van der Waals surface area contributed by atoms with Crippen molar-refractivity contribution in [2.24, 2.45) is 5.10 Å². The van der Waals surface area contributed by atoms with Crippen LogP contribution in [0.2, 0.25) is 0 Å². The van der Waals surface area contributed by atoms with Crippen molar-refractivity contribution in [3.8, 4) is 0 Å². The third kappa shape index (κ3) is 3.59. The molecule has 3 heterocycles. The highest BCUT2D eigenvalue weighted by molar-refractivity contribution is 9.10. The van der Waals surface area contributed by atoms with E-state index in [0.29, 0.717) is 16.5 Å². The summed E-state index contributed by atoms with van der Waals surface area (Å²) in [7, 11) is 0. The number of anilines is 1. The predicted molar refractivity (Wildman–Crippen MR) is 120 cm³/mol. The molecule has 0 aliphatic carbocycles. The molecule has 0 atom stereocenters. The van der Waals surface area contributed by atoms with Gasteiger partial charge in [-0.2, -0.15) is 10.1 Å². The number of hydrogen-bond acceptors (Lipinski definition) is 7. The van der Waals surface area contributed by atoms with Crippen molar-refractivity contribution < 1.29 is 9.21 Å². The summed E-state index contributed by atoms with van der Waals surface area (Å²) in [6.45, 7) is 0. The van der Waals surface area contributed by atoms with Crippen LogP contribution in [-0.2, 0) is 0 Å². The molecule has 1 amide bonds. The van der Waals surface area contributed by atoms with E-state index in [4.69, 9.17) is 4.42 Å². The van der Waals surface area contributed by atoms with Gasteiger partial charge < -0.3 is 4.42 Å². The summed E-state index contributed by atoms with van der Waals surface area (Å²) in [6.07, 6.45) is 3.06. The third-order valence-electron chi connectivity index (χ3n) is 4.13. The highest BCUT2D eigenvalue weighted by atomic mass is 79.9. The molecule has 5 rings (SSSR count). The molecule has 5 aromatic rings. The van der Waals surface area contributed by atoms with E-state index in [1.807, 2.05) is 30.3 Å². The van der Waals surface area contributed by atoms with E-state index in [0.717, 1.165) is 24.9 Å². The highest BCUT2D eigenvalue weighted by Crippen LogP contribution is 2.32. The van der Waals surface area contributed by atoms with E-state index in [1.54, 1.807) is 30.0 Å². The third-order valence-corrected chi connectivity index (χ3v) is 6.41.